The second-order valence-corrected chi connectivity index (χ2v) is 7.94. The van der Waals surface area contributed by atoms with E-state index in [1.807, 2.05) is 0 Å². The van der Waals surface area contributed by atoms with E-state index in [9.17, 15) is 33.6 Å². The van der Waals surface area contributed by atoms with Crippen molar-refractivity contribution in [2.75, 3.05) is 20.8 Å². The number of rotatable bonds is 11. The summed E-state index contributed by atoms with van der Waals surface area (Å²) in [5.41, 5.74) is 0. The molecular weight excluding hydrogens is 516 g/mol. The summed E-state index contributed by atoms with van der Waals surface area (Å²) in [6.07, 6.45) is -6.25. The highest BCUT2D eigenvalue weighted by Crippen LogP contribution is 2.28. The molecule has 1 rings (SSSR count). The van der Waals surface area contributed by atoms with Crippen LogP contribution in [-0.2, 0) is 61.9 Å². The summed E-state index contributed by atoms with van der Waals surface area (Å²) in [4.78, 5) is 83.4. The van der Waals surface area contributed by atoms with E-state index in [0.29, 0.717) is 0 Å². The molecule has 1 aliphatic heterocycles. The van der Waals surface area contributed by atoms with Crippen LogP contribution in [0, 0.1) is 0 Å². The number of hydrogen-bond donors (Lipinski definition) is 2. The van der Waals surface area contributed by atoms with Gasteiger partial charge in [0.1, 0.15) is 24.8 Å². The summed E-state index contributed by atoms with van der Waals surface area (Å²) in [6.45, 7) is 3.77. The van der Waals surface area contributed by atoms with Crippen LogP contribution in [0.5, 0.6) is 0 Å². The van der Waals surface area contributed by atoms with Crippen molar-refractivity contribution >= 4 is 41.8 Å². The molecule has 1 fully saturated rings. The molecule has 1 heterocycles. The molecule has 16 heteroatoms. The zero-order valence-corrected chi connectivity index (χ0v) is 21.8. The fourth-order valence-electron chi connectivity index (χ4n) is 3.43. The van der Waals surface area contributed by atoms with Crippen LogP contribution in [0.3, 0.4) is 0 Å². The summed E-state index contributed by atoms with van der Waals surface area (Å²) >= 11 is 0. The van der Waals surface area contributed by atoms with Crippen LogP contribution in [-0.4, -0.2) is 99.4 Å². The lowest BCUT2D eigenvalue weighted by molar-refractivity contribution is -0.270. The van der Waals surface area contributed by atoms with Gasteiger partial charge in [-0.3, -0.25) is 24.0 Å². The molecule has 0 aromatic carbocycles. The Labute approximate surface area is 217 Å². The van der Waals surface area contributed by atoms with E-state index >= 15 is 0 Å². The highest BCUT2D eigenvalue weighted by molar-refractivity contribution is 5.84. The first-order valence-corrected chi connectivity index (χ1v) is 11.3. The van der Waals surface area contributed by atoms with Crippen LogP contribution >= 0.6 is 0 Å². The van der Waals surface area contributed by atoms with Crippen LogP contribution in [0.2, 0.25) is 0 Å². The van der Waals surface area contributed by atoms with Gasteiger partial charge < -0.3 is 43.8 Å². The number of amides is 2. The van der Waals surface area contributed by atoms with Gasteiger partial charge in [0.15, 0.2) is 12.2 Å². The van der Waals surface area contributed by atoms with E-state index in [4.69, 9.17) is 23.7 Å². The fraction of sp³-hybridized carbons (Fsp3) is 0.682. The maximum atomic E-state index is 12.9. The number of ether oxygens (including phenoxy) is 7. The van der Waals surface area contributed by atoms with Crippen molar-refractivity contribution in [3.8, 4) is 0 Å². The summed E-state index contributed by atoms with van der Waals surface area (Å²) in [5.74, 6) is -4.77. The molecule has 38 heavy (non-hydrogen) atoms. The second kappa shape index (κ2) is 15.3. The first kappa shape index (κ1) is 32.1. The summed E-state index contributed by atoms with van der Waals surface area (Å²) in [6, 6.07) is -3.84. The Morgan fingerprint density at radius 3 is 1.87 bits per heavy atom. The molecule has 0 spiro atoms. The number of hydrogen-bond acceptors (Lipinski definition) is 14. The Bertz CT molecular complexity index is 906. The van der Waals surface area contributed by atoms with Gasteiger partial charge in [0.05, 0.1) is 14.2 Å². The van der Waals surface area contributed by atoms with Crippen LogP contribution in [0.4, 0.5) is 4.79 Å². The smallest absolute Gasteiger partial charge is 0.328 e. The average Bonchev–Trinajstić information content (AvgIpc) is 2.82. The van der Waals surface area contributed by atoms with Gasteiger partial charge in [-0.1, -0.05) is 0 Å². The summed E-state index contributed by atoms with van der Waals surface area (Å²) in [7, 11) is 2.22. The third kappa shape index (κ3) is 10.6. The normalized spacial score (nSPS) is 23.1. The topological polar surface area (TPSA) is 208 Å². The maximum absolute atomic E-state index is 12.9. The quantitative estimate of drug-likeness (QED) is 0.231. The minimum atomic E-state index is -1.62. The molecule has 0 aromatic rings. The molecule has 0 radical (unpaired) electrons. The van der Waals surface area contributed by atoms with Crippen LogP contribution in [0.1, 0.15) is 40.5 Å². The predicted octanol–water partition coefficient (Wildman–Crippen LogP) is -1.14. The van der Waals surface area contributed by atoms with Gasteiger partial charge in [-0.15, -0.1) is 0 Å². The SMILES string of the molecule is COC(=O)CCC(NC(=O)N[C@H]1[C@H](OC(C)=O)O[C@H](COC(C)=O)[C@@H](OC(C)=O)[C@@H]1OC(C)=O)C(=O)OC. The molecule has 16 nitrogen and oxygen atoms in total. The minimum Gasteiger partial charge on any atom is -0.469 e. The molecule has 1 aliphatic rings. The average molecular weight is 548 g/mol. The van der Waals surface area contributed by atoms with Gasteiger partial charge in [-0.2, -0.15) is 0 Å². The zero-order chi connectivity index (χ0) is 29.0. The lowest BCUT2D eigenvalue weighted by Crippen LogP contribution is -2.68. The van der Waals surface area contributed by atoms with Gasteiger partial charge in [0.25, 0.3) is 0 Å². The van der Waals surface area contributed by atoms with Crippen molar-refractivity contribution in [3.63, 3.8) is 0 Å². The second-order valence-electron chi connectivity index (χ2n) is 7.94. The molecule has 1 saturated heterocycles. The molecule has 2 N–H and O–H groups in total. The molecule has 6 atom stereocenters. The molecule has 1 unspecified atom stereocenters. The third-order valence-corrected chi connectivity index (χ3v) is 4.94. The van der Waals surface area contributed by atoms with Crippen molar-refractivity contribution < 1.29 is 66.7 Å². The summed E-state index contributed by atoms with van der Waals surface area (Å²) in [5, 5.41) is 4.68. The molecule has 0 aromatic heterocycles. The number of esters is 6. The van der Waals surface area contributed by atoms with Crippen molar-refractivity contribution in [2.45, 2.75) is 77.2 Å². The van der Waals surface area contributed by atoms with Gasteiger partial charge in [-0.25, -0.2) is 9.59 Å². The number of carbonyl (C=O) groups excluding carboxylic acids is 7. The van der Waals surface area contributed by atoms with E-state index in [1.54, 1.807) is 0 Å². The molecule has 214 valence electrons. The van der Waals surface area contributed by atoms with Crippen LogP contribution in [0.25, 0.3) is 0 Å². The summed E-state index contributed by atoms with van der Waals surface area (Å²) < 4.78 is 35.5. The van der Waals surface area contributed by atoms with Crippen molar-refractivity contribution in [1.82, 2.24) is 10.6 Å². The first-order chi connectivity index (χ1) is 17.8. The molecule has 0 bridgehead atoms. The fourth-order valence-corrected chi connectivity index (χ4v) is 3.43. The van der Waals surface area contributed by atoms with E-state index < -0.39 is 85.1 Å². The number of urea groups is 1. The number of methoxy groups -OCH3 is 2. The lowest BCUT2D eigenvalue weighted by Gasteiger charge is -2.44. The monoisotopic (exact) mass is 548 g/mol. The van der Waals surface area contributed by atoms with Crippen LogP contribution < -0.4 is 10.6 Å². The van der Waals surface area contributed by atoms with Gasteiger partial charge >= 0.3 is 41.8 Å². The largest absolute Gasteiger partial charge is 0.469 e. The maximum Gasteiger partial charge on any atom is 0.328 e. The van der Waals surface area contributed by atoms with Crippen molar-refractivity contribution in [3.05, 3.63) is 0 Å². The Kier molecular flexibility index (Phi) is 12.9. The van der Waals surface area contributed by atoms with Crippen molar-refractivity contribution in [1.29, 1.82) is 0 Å². The Morgan fingerprint density at radius 2 is 1.37 bits per heavy atom. The highest BCUT2D eigenvalue weighted by Gasteiger charge is 2.52. The Hall–Kier alpha value is -3.95. The van der Waals surface area contributed by atoms with Crippen molar-refractivity contribution in [2.24, 2.45) is 0 Å². The standard InChI is InChI=1S/C22H32N2O14/c1-10(25)34-9-15-18(35-11(2)26)19(36-12(3)27)17(21(38-15)37-13(4)28)24-22(31)23-14(20(30)33-6)7-8-16(29)32-5/h14-15,17-19,21H,7-9H2,1-6H3,(H2,23,24,31)/t14?,15-,17-,18-,19-,21-/m1/s1. The predicted molar refractivity (Wildman–Crippen MR) is 121 cm³/mol. The van der Waals surface area contributed by atoms with Gasteiger partial charge in [0, 0.05) is 34.1 Å². The lowest BCUT2D eigenvalue weighted by atomic mass is 9.96. The van der Waals surface area contributed by atoms with E-state index in [0.717, 1.165) is 41.9 Å². The molecule has 0 saturated carbocycles. The van der Waals surface area contributed by atoms with Crippen LogP contribution in [0.15, 0.2) is 0 Å². The number of nitrogens with one attached hydrogen (secondary N) is 2. The first-order valence-electron chi connectivity index (χ1n) is 11.3. The number of carbonyl (C=O) groups is 7. The highest BCUT2D eigenvalue weighted by atomic mass is 16.7. The van der Waals surface area contributed by atoms with E-state index in [1.165, 1.54) is 0 Å². The minimum absolute atomic E-state index is 0.185. The Balaban J connectivity index is 3.32. The van der Waals surface area contributed by atoms with E-state index in [-0.39, 0.29) is 12.8 Å². The third-order valence-electron chi connectivity index (χ3n) is 4.94. The zero-order valence-electron chi connectivity index (χ0n) is 21.8. The molecular formula is C22H32N2O14. The van der Waals surface area contributed by atoms with E-state index in [2.05, 4.69) is 20.1 Å². The van der Waals surface area contributed by atoms with Gasteiger partial charge in [-0.05, 0) is 6.42 Å². The molecule has 0 aliphatic carbocycles. The van der Waals surface area contributed by atoms with Gasteiger partial charge in [0.2, 0.25) is 6.29 Å². The Morgan fingerprint density at radius 1 is 0.789 bits per heavy atom. The molecule has 2 amide bonds.